The molecule has 1 aliphatic carbocycles. The second-order valence-electron chi connectivity index (χ2n) is 5.92. The monoisotopic (exact) mass is 254 g/mol. The Hall–Kier alpha value is -1.41. The summed E-state index contributed by atoms with van der Waals surface area (Å²) in [5.74, 6) is 0. The Morgan fingerprint density at radius 2 is 1.89 bits per heavy atom. The molecule has 1 aliphatic rings. The van der Waals surface area contributed by atoms with Crippen LogP contribution in [0.2, 0.25) is 0 Å². The van der Waals surface area contributed by atoms with Crippen LogP contribution in [0.4, 0.5) is 0 Å². The van der Waals surface area contributed by atoms with Crippen molar-refractivity contribution in [2.75, 3.05) is 0 Å². The summed E-state index contributed by atoms with van der Waals surface area (Å²) in [5, 5.41) is 1.29. The maximum absolute atomic E-state index is 6.28. The van der Waals surface area contributed by atoms with E-state index in [0.717, 1.165) is 18.4 Å². The molecule has 3 rings (SSSR count). The molecule has 19 heavy (non-hydrogen) atoms. The molecule has 0 amide bonds. The standard InChI is InChI=1S/C17H22N2/c1-10-8-11(2)16-15(9-10)19-14-7-5-4-6-13(14)17(16)12(3)18/h8-9,12H,4-7,18H2,1-3H3. The third-order valence-electron chi connectivity index (χ3n) is 4.20. The first-order valence-electron chi connectivity index (χ1n) is 7.26. The molecule has 0 fully saturated rings. The average Bonchev–Trinajstić information content (AvgIpc) is 2.35. The Balaban J connectivity index is 2.43. The Morgan fingerprint density at radius 3 is 2.63 bits per heavy atom. The fourth-order valence-corrected chi connectivity index (χ4v) is 3.49. The van der Waals surface area contributed by atoms with Crippen LogP contribution in [0.3, 0.4) is 0 Å². The lowest BCUT2D eigenvalue weighted by Crippen LogP contribution is -2.16. The molecule has 1 aromatic carbocycles. The minimum Gasteiger partial charge on any atom is -0.324 e. The van der Waals surface area contributed by atoms with Gasteiger partial charge in [-0.3, -0.25) is 4.98 Å². The number of aromatic nitrogens is 1. The zero-order valence-corrected chi connectivity index (χ0v) is 12.1. The lowest BCUT2D eigenvalue weighted by Gasteiger charge is -2.24. The number of hydrogen-bond donors (Lipinski definition) is 1. The number of pyridine rings is 1. The second-order valence-corrected chi connectivity index (χ2v) is 5.92. The maximum Gasteiger partial charge on any atom is 0.0714 e. The smallest absolute Gasteiger partial charge is 0.0714 e. The van der Waals surface area contributed by atoms with Gasteiger partial charge in [0.1, 0.15) is 0 Å². The molecule has 100 valence electrons. The van der Waals surface area contributed by atoms with E-state index in [0.29, 0.717) is 0 Å². The molecule has 0 radical (unpaired) electrons. The summed E-state index contributed by atoms with van der Waals surface area (Å²) in [7, 11) is 0. The predicted molar refractivity (Wildman–Crippen MR) is 80.5 cm³/mol. The first-order valence-corrected chi connectivity index (χ1v) is 7.26. The highest BCUT2D eigenvalue weighted by Gasteiger charge is 2.21. The first-order chi connectivity index (χ1) is 9.08. The van der Waals surface area contributed by atoms with Crippen LogP contribution in [-0.2, 0) is 12.8 Å². The Morgan fingerprint density at radius 1 is 1.16 bits per heavy atom. The fourth-order valence-electron chi connectivity index (χ4n) is 3.49. The molecule has 2 heteroatoms. The minimum absolute atomic E-state index is 0.0822. The maximum atomic E-state index is 6.28. The minimum atomic E-state index is 0.0822. The van der Waals surface area contributed by atoms with Crippen LogP contribution in [0.1, 0.15) is 53.8 Å². The van der Waals surface area contributed by atoms with Gasteiger partial charge >= 0.3 is 0 Å². The van der Waals surface area contributed by atoms with Crippen LogP contribution in [0.15, 0.2) is 12.1 Å². The van der Waals surface area contributed by atoms with Crippen LogP contribution in [-0.4, -0.2) is 4.98 Å². The van der Waals surface area contributed by atoms with E-state index < -0.39 is 0 Å². The van der Waals surface area contributed by atoms with Crippen LogP contribution < -0.4 is 5.73 Å². The molecule has 2 N–H and O–H groups in total. The molecule has 0 spiro atoms. The number of nitrogens with zero attached hydrogens (tertiary/aromatic N) is 1. The van der Waals surface area contributed by atoms with Gasteiger partial charge < -0.3 is 5.73 Å². The highest BCUT2D eigenvalue weighted by molar-refractivity contribution is 5.88. The Labute approximate surface area is 115 Å². The molecule has 0 saturated carbocycles. The molecule has 2 aromatic rings. The van der Waals surface area contributed by atoms with Crippen molar-refractivity contribution in [1.82, 2.24) is 4.98 Å². The molecular weight excluding hydrogens is 232 g/mol. The van der Waals surface area contributed by atoms with E-state index in [4.69, 9.17) is 10.7 Å². The molecular formula is C17H22N2. The van der Waals surface area contributed by atoms with Crippen molar-refractivity contribution in [3.8, 4) is 0 Å². The van der Waals surface area contributed by atoms with Crippen molar-refractivity contribution >= 4 is 10.9 Å². The van der Waals surface area contributed by atoms with Gasteiger partial charge in [-0.1, -0.05) is 6.07 Å². The largest absolute Gasteiger partial charge is 0.324 e. The summed E-state index contributed by atoms with van der Waals surface area (Å²) in [6.45, 7) is 6.42. The summed E-state index contributed by atoms with van der Waals surface area (Å²) in [6.07, 6.45) is 4.78. The summed E-state index contributed by atoms with van der Waals surface area (Å²) < 4.78 is 0. The molecule has 0 bridgehead atoms. The molecule has 1 atom stereocenters. The van der Waals surface area contributed by atoms with Crippen molar-refractivity contribution in [3.05, 3.63) is 40.1 Å². The average molecular weight is 254 g/mol. The van der Waals surface area contributed by atoms with Gasteiger partial charge in [0.15, 0.2) is 0 Å². The number of hydrogen-bond acceptors (Lipinski definition) is 2. The summed E-state index contributed by atoms with van der Waals surface area (Å²) in [4.78, 5) is 4.92. The van der Waals surface area contributed by atoms with Gasteiger partial charge in [0, 0.05) is 17.1 Å². The van der Waals surface area contributed by atoms with E-state index in [-0.39, 0.29) is 6.04 Å². The van der Waals surface area contributed by atoms with Gasteiger partial charge in [-0.15, -0.1) is 0 Å². The number of nitrogens with two attached hydrogens (primary N) is 1. The van der Waals surface area contributed by atoms with E-state index >= 15 is 0 Å². The predicted octanol–water partition coefficient (Wildman–Crippen LogP) is 3.75. The number of benzene rings is 1. The summed E-state index contributed by atoms with van der Waals surface area (Å²) >= 11 is 0. The van der Waals surface area contributed by atoms with Crippen LogP contribution in [0.25, 0.3) is 10.9 Å². The Bertz CT molecular complexity index is 641. The van der Waals surface area contributed by atoms with Crippen molar-refractivity contribution in [2.24, 2.45) is 5.73 Å². The van der Waals surface area contributed by atoms with E-state index in [1.54, 1.807) is 0 Å². The molecule has 0 aliphatic heterocycles. The fraction of sp³-hybridized carbons (Fsp3) is 0.471. The zero-order chi connectivity index (χ0) is 13.6. The van der Waals surface area contributed by atoms with E-state index in [1.165, 1.54) is 46.2 Å². The molecule has 1 unspecified atom stereocenters. The third-order valence-corrected chi connectivity index (χ3v) is 4.20. The first kappa shape index (κ1) is 12.6. The molecule has 0 saturated heterocycles. The van der Waals surface area contributed by atoms with Gasteiger partial charge in [-0.25, -0.2) is 0 Å². The second kappa shape index (κ2) is 4.61. The van der Waals surface area contributed by atoms with E-state index in [1.807, 2.05) is 0 Å². The summed E-state index contributed by atoms with van der Waals surface area (Å²) in [5.41, 5.74) is 14.1. The van der Waals surface area contributed by atoms with Gasteiger partial charge in [-0.05, 0) is 74.8 Å². The number of rotatable bonds is 1. The quantitative estimate of drug-likeness (QED) is 0.841. The van der Waals surface area contributed by atoms with Gasteiger partial charge in [0.25, 0.3) is 0 Å². The number of aryl methyl sites for hydroxylation is 3. The van der Waals surface area contributed by atoms with Gasteiger partial charge in [-0.2, -0.15) is 0 Å². The summed E-state index contributed by atoms with van der Waals surface area (Å²) in [6, 6.07) is 4.52. The SMILES string of the molecule is Cc1cc(C)c2c(C(C)N)c3c(nc2c1)CCCC3. The molecule has 1 aromatic heterocycles. The normalized spacial score (nSPS) is 16.4. The van der Waals surface area contributed by atoms with Gasteiger partial charge in [0.2, 0.25) is 0 Å². The number of fused-ring (bicyclic) bond motifs is 2. The molecule has 1 heterocycles. The van der Waals surface area contributed by atoms with E-state index in [9.17, 15) is 0 Å². The van der Waals surface area contributed by atoms with Crippen LogP contribution in [0.5, 0.6) is 0 Å². The van der Waals surface area contributed by atoms with Gasteiger partial charge in [0.05, 0.1) is 5.52 Å². The highest BCUT2D eigenvalue weighted by Crippen LogP contribution is 2.34. The lowest BCUT2D eigenvalue weighted by atomic mass is 9.86. The van der Waals surface area contributed by atoms with Crippen LogP contribution >= 0.6 is 0 Å². The van der Waals surface area contributed by atoms with Crippen LogP contribution in [0, 0.1) is 13.8 Å². The highest BCUT2D eigenvalue weighted by atomic mass is 14.7. The topological polar surface area (TPSA) is 38.9 Å². The third kappa shape index (κ3) is 2.04. The van der Waals surface area contributed by atoms with E-state index in [2.05, 4.69) is 32.9 Å². The Kier molecular flexibility index (Phi) is 3.06. The molecule has 2 nitrogen and oxygen atoms in total. The van der Waals surface area contributed by atoms with Crippen molar-refractivity contribution < 1.29 is 0 Å². The van der Waals surface area contributed by atoms with Crippen molar-refractivity contribution in [2.45, 2.75) is 52.5 Å². The zero-order valence-electron chi connectivity index (χ0n) is 12.1. The van der Waals surface area contributed by atoms with Crippen molar-refractivity contribution in [1.29, 1.82) is 0 Å². The lowest BCUT2D eigenvalue weighted by molar-refractivity contribution is 0.655. The van der Waals surface area contributed by atoms with Crippen molar-refractivity contribution in [3.63, 3.8) is 0 Å².